The van der Waals surface area contributed by atoms with Crippen molar-refractivity contribution in [3.05, 3.63) is 59.7 Å². The molecule has 4 heteroatoms. The maximum atomic E-state index is 5.50. The minimum absolute atomic E-state index is 0.856. The first kappa shape index (κ1) is 18.3. The highest BCUT2D eigenvalue weighted by molar-refractivity contribution is 5.33. The van der Waals surface area contributed by atoms with Crippen LogP contribution >= 0.6 is 0 Å². The second-order valence-electron chi connectivity index (χ2n) is 6.18. The predicted octanol–water partition coefficient (Wildman–Crippen LogP) is 3.27. The highest BCUT2D eigenvalue weighted by Gasteiger charge is 2.11. The molecule has 0 aliphatic carbocycles. The smallest absolute Gasteiger partial charge is 0.123 e. The summed E-state index contributed by atoms with van der Waals surface area (Å²) in [6.07, 6.45) is 0. The lowest BCUT2D eigenvalue weighted by Gasteiger charge is -2.25. The summed E-state index contributed by atoms with van der Waals surface area (Å²) in [6, 6.07) is 16.5. The van der Waals surface area contributed by atoms with E-state index in [1.807, 2.05) is 24.3 Å². The van der Waals surface area contributed by atoms with E-state index in [-0.39, 0.29) is 0 Å². The average molecular weight is 328 g/mol. The van der Waals surface area contributed by atoms with E-state index in [9.17, 15) is 0 Å². The van der Waals surface area contributed by atoms with Gasteiger partial charge in [0.05, 0.1) is 14.2 Å². The van der Waals surface area contributed by atoms with Gasteiger partial charge in [0.1, 0.15) is 11.5 Å². The molecule has 0 atom stereocenters. The molecule has 0 aliphatic rings. The third-order valence-corrected chi connectivity index (χ3v) is 3.99. The van der Waals surface area contributed by atoms with Crippen LogP contribution in [0, 0.1) is 0 Å². The van der Waals surface area contributed by atoms with E-state index < -0.39 is 0 Å². The maximum absolute atomic E-state index is 5.50. The fourth-order valence-corrected chi connectivity index (χ4v) is 2.66. The van der Waals surface area contributed by atoms with Gasteiger partial charge >= 0.3 is 0 Å². The Kier molecular flexibility index (Phi) is 7.09. The summed E-state index contributed by atoms with van der Waals surface area (Å²) in [4.78, 5) is 4.65. The van der Waals surface area contributed by atoms with E-state index in [1.54, 1.807) is 14.2 Å². The summed E-state index contributed by atoms with van der Waals surface area (Å²) in [5, 5.41) is 0. The average Bonchev–Trinajstić information content (AvgIpc) is 2.60. The molecular formula is C20H28N2O2. The van der Waals surface area contributed by atoms with E-state index in [4.69, 9.17) is 9.47 Å². The van der Waals surface area contributed by atoms with Crippen molar-refractivity contribution < 1.29 is 9.47 Å². The molecular weight excluding hydrogens is 300 g/mol. The van der Waals surface area contributed by atoms with Gasteiger partial charge in [-0.2, -0.15) is 0 Å². The SMILES string of the molecule is COc1cccc(CN(CCN(C)C)Cc2ccccc2OC)c1. The van der Waals surface area contributed by atoms with E-state index >= 15 is 0 Å². The highest BCUT2D eigenvalue weighted by atomic mass is 16.5. The van der Waals surface area contributed by atoms with E-state index in [1.165, 1.54) is 11.1 Å². The summed E-state index contributed by atoms with van der Waals surface area (Å²) in [5.74, 6) is 1.84. The van der Waals surface area contributed by atoms with Crippen LogP contribution in [-0.2, 0) is 13.1 Å². The second-order valence-corrected chi connectivity index (χ2v) is 6.18. The van der Waals surface area contributed by atoms with Gasteiger partial charge in [-0.25, -0.2) is 0 Å². The molecule has 0 saturated heterocycles. The summed E-state index contributed by atoms with van der Waals surface area (Å²) in [5.41, 5.74) is 2.46. The minimum Gasteiger partial charge on any atom is -0.497 e. The van der Waals surface area contributed by atoms with Gasteiger partial charge in [-0.05, 0) is 37.9 Å². The van der Waals surface area contributed by atoms with Crippen molar-refractivity contribution in [2.75, 3.05) is 41.4 Å². The molecule has 130 valence electrons. The van der Waals surface area contributed by atoms with Crippen LogP contribution in [0.2, 0.25) is 0 Å². The van der Waals surface area contributed by atoms with Crippen molar-refractivity contribution in [2.24, 2.45) is 0 Å². The normalized spacial score (nSPS) is 11.1. The molecule has 0 aliphatic heterocycles. The quantitative estimate of drug-likeness (QED) is 0.705. The molecule has 0 spiro atoms. The molecule has 0 radical (unpaired) electrons. The van der Waals surface area contributed by atoms with Gasteiger partial charge in [0, 0.05) is 31.7 Å². The zero-order valence-electron chi connectivity index (χ0n) is 15.2. The first-order chi connectivity index (χ1) is 11.6. The van der Waals surface area contributed by atoms with Crippen molar-refractivity contribution >= 4 is 0 Å². The highest BCUT2D eigenvalue weighted by Crippen LogP contribution is 2.21. The van der Waals surface area contributed by atoms with Crippen LogP contribution in [-0.4, -0.2) is 51.2 Å². The van der Waals surface area contributed by atoms with E-state index in [0.717, 1.165) is 37.7 Å². The summed E-state index contributed by atoms with van der Waals surface area (Å²) in [7, 11) is 7.64. The van der Waals surface area contributed by atoms with E-state index in [0.29, 0.717) is 0 Å². The Morgan fingerprint density at radius 3 is 2.33 bits per heavy atom. The van der Waals surface area contributed by atoms with Crippen LogP contribution in [0.5, 0.6) is 11.5 Å². The Balaban J connectivity index is 2.14. The Labute approximate surface area is 145 Å². The van der Waals surface area contributed by atoms with Gasteiger partial charge in [0.2, 0.25) is 0 Å². The standard InChI is InChI=1S/C20H28N2O2/c1-21(2)12-13-22(15-17-8-7-10-19(14-17)23-3)16-18-9-5-6-11-20(18)24-4/h5-11,14H,12-13,15-16H2,1-4H3. The zero-order valence-corrected chi connectivity index (χ0v) is 15.2. The first-order valence-corrected chi connectivity index (χ1v) is 8.24. The maximum Gasteiger partial charge on any atom is 0.123 e. The van der Waals surface area contributed by atoms with E-state index in [2.05, 4.69) is 48.2 Å². The van der Waals surface area contributed by atoms with Gasteiger partial charge in [-0.3, -0.25) is 4.90 Å². The number of likely N-dealkylation sites (N-methyl/N-ethyl adjacent to an activating group) is 1. The zero-order chi connectivity index (χ0) is 17.4. The summed E-state index contributed by atoms with van der Waals surface area (Å²) >= 11 is 0. The van der Waals surface area contributed by atoms with Crippen molar-refractivity contribution in [1.82, 2.24) is 9.80 Å². The molecule has 0 unspecified atom stereocenters. The molecule has 2 aromatic rings. The molecule has 0 amide bonds. The van der Waals surface area contributed by atoms with Gasteiger partial charge < -0.3 is 14.4 Å². The predicted molar refractivity (Wildman–Crippen MR) is 98.7 cm³/mol. The third-order valence-electron chi connectivity index (χ3n) is 3.99. The Morgan fingerprint density at radius 1 is 0.833 bits per heavy atom. The van der Waals surface area contributed by atoms with Gasteiger partial charge in [-0.1, -0.05) is 30.3 Å². The van der Waals surface area contributed by atoms with Crippen LogP contribution in [0.15, 0.2) is 48.5 Å². The number of para-hydroxylation sites is 1. The van der Waals surface area contributed by atoms with Crippen LogP contribution in [0.1, 0.15) is 11.1 Å². The minimum atomic E-state index is 0.856. The van der Waals surface area contributed by atoms with Crippen molar-refractivity contribution in [2.45, 2.75) is 13.1 Å². The lowest BCUT2D eigenvalue weighted by molar-refractivity contribution is 0.223. The number of hydrogen-bond acceptors (Lipinski definition) is 4. The Morgan fingerprint density at radius 2 is 1.62 bits per heavy atom. The second kappa shape index (κ2) is 9.30. The topological polar surface area (TPSA) is 24.9 Å². The van der Waals surface area contributed by atoms with Crippen molar-refractivity contribution in [3.8, 4) is 11.5 Å². The number of rotatable bonds is 9. The Bertz CT molecular complexity index is 629. The number of hydrogen-bond donors (Lipinski definition) is 0. The van der Waals surface area contributed by atoms with Gasteiger partial charge in [0.15, 0.2) is 0 Å². The van der Waals surface area contributed by atoms with Crippen LogP contribution in [0.4, 0.5) is 0 Å². The van der Waals surface area contributed by atoms with Crippen LogP contribution in [0.3, 0.4) is 0 Å². The molecule has 0 N–H and O–H groups in total. The summed E-state index contributed by atoms with van der Waals surface area (Å²) < 4.78 is 10.8. The number of nitrogens with zero attached hydrogens (tertiary/aromatic N) is 2. The molecule has 0 saturated carbocycles. The lowest BCUT2D eigenvalue weighted by Crippen LogP contribution is -2.31. The largest absolute Gasteiger partial charge is 0.497 e. The lowest BCUT2D eigenvalue weighted by atomic mass is 10.1. The molecule has 0 fully saturated rings. The van der Waals surface area contributed by atoms with Crippen LogP contribution in [0.25, 0.3) is 0 Å². The van der Waals surface area contributed by atoms with Crippen molar-refractivity contribution in [3.63, 3.8) is 0 Å². The number of methoxy groups -OCH3 is 2. The fraction of sp³-hybridized carbons (Fsp3) is 0.400. The third kappa shape index (κ3) is 5.55. The van der Waals surface area contributed by atoms with Crippen LogP contribution < -0.4 is 9.47 Å². The molecule has 4 nitrogen and oxygen atoms in total. The number of benzene rings is 2. The monoisotopic (exact) mass is 328 g/mol. The summed E-state index contributed by atoms with van der Waals surface area (Å²) in [6.45, 7) is 3.74. The molecule has 2 rings (SSSR count). The van der Waals surface area contributed by atoms with Gasteiger partial charge in [-0.15, -0.1) is 0 Å². The Hall–Kier alpha value is -2.04. The van der Waals surface area contributed by atoms with Gasteiger partial charge in [0.25, 0.3) is 0 Å². The molecule has 24 heavy (non-hydrogen) atoms. The fourth-order valence-electron chi connectivity index (χ4n) is 2.66. The number of ether oxygens (including phenoxy) is 2. The molecule has 0 bridgehead atoms. The molecule has 2 aromatic carbocycles. The molecule has 0 heterocycles. The van der Waals surface area contributed by atoms with Crippen molar-refractivity contribution in [1.29, 1.82) is 0 Å². The first-order valence-electron chi connectivity index (χ1n) is 8.24. The molecule has 0 aromatic heterocycles.